The molecule has 12 heteroatoms. The topological polar surface area (TPSA) is 90.5 Å². The molecule has 1 aromatic heterocycles. The third-order valence-electron chi connectivity index (χ3n) is 7.01. The number of piperidine rings is 1. The maximum atomic E-state index is 15.0. The molecule has 0 bridgehead atoms. The van der Waals surface area contributed by atoms with Crippen LogP contribution in [-0.4, -0.2) is 55.7 Å². The Labute approximate surface area is 219 Å². The maximum absolute atomic E-state index is 15.0. The van der Waals surface area contributed by atoms with Gasteiger partial charge < -0.3 is 15.5 Å². The molecule has 38 heavy (non-hydrogen) atoms. The Morgan fingerprint density at radius 1 is 0.947 bits per heavy atom. The van der Waals surface area contributed by atoms with Crippen molar-refractivity contribution in [3.63, 3.8) is 0 Å². The second kappa shape index (κ2) is 10.4. The number of rotatable bonds is 6. The number of nitrogens with one attached hydrogen (secondary N) is 2. The fourth-order valence-electron chi connectivity index (χ4n) is 4.93. The molecule has 3 aromatic rings. The van der Waals surface area contributed by atoms with E-state index < -0.39 is 27.5 Å². The fourth-order valence-corrected chi connectivity index (χ4v) is 6.49. The lowest BCUT2D eigenvalue weighted by atomic mass is 9.88. The van der Waals surface area contributed by atoms with Crippen LogP contribution in [0, 0.1) is 24.4 Å². The van der Waals surface area contributed by atoms with Crippen LogP contribution in [0.25, 0.3) is 0 Å². The lowest BCUT2D eigenvalue weighted by Crippen LogP contribution is -2.30. The number of hydrogen-bond donors (Lipinski definition) is 2. The first-order valence-electron chi connectivity index (χ1n) is 12.5. The molecule has 0 unspecified atom stereocenters. The highest BCUT2D eigenvalue weighted by Crippen LogP contribution is 2.34. The molecule has 202 valence electrons. The quantitative estimate of drug-likeness (QED) is 0.448. The Balaban J connectivity index is 1.36. The van der Waals surface area contributed by atoms with E-state index in [1.807, 2.05) is 7.05 Å². The van der Waals surface area contributed by atoms with Gasteiger partial charge in [-0.1, -0.05) is 0 Å². The Morgan fingerprint density at radius 3 is 2.32 bits per heavy atom. The molecule has 2 aliphatic rings. The number of sulfonamides is 1. The number of aryl methyl sites for hydroxylation is 1. The van der Waals surface area contributed by atoms with E-state index in [2.05, 4.69) is 25.5 Å². The van der Waals surface area contributed by atoms with Crippen molar-refractivity contribution in [2.45, 2.75) is 32.1 Å². The molecule has 5 rings (SSSR count). The standard InChI is InChI=1S/C26H29F3N6O2S/c1-16-15-30-26(32-19-12-21(28)24(22(29)13-19)17-6-9-34(2)10-7-17)33-25(16)31-18-4-5-20(27)23(14-18)35-8-3-11-38(35,36)37/h4-5,12-15,17H,3,6-11H2,1-2H3,(H2,30,31,32,33). The number of halogens is 3. The Bertz CT molecular complexity index is 1440. The van der Waals surface area contributed by atoms with Crippen molar-refractivity contribution in [2.24, 2.45) is 0 Å². The van der Waals surface area contributed by atoms with E-state index in [1.54, 1.807) is 6.92 Å². The number of anilines is 5. The van der Waals surface area contributed by atoms with Crippen molar-refractivity contribution in [2.75, 3.05) is 47.4 Å². The van der Waals surface area contributed by atoms with Crippen molar-refractivity contribution in [3.8, 4) is 0 Å². The van der Waals surface area contributed by atoms with Gasteiger partial charge in [-0.3, -0.25) is 4.31 Å². The maximum Gasteiger partial charge on any atom is 0.235 e. The smallest absolute Gasteiger partial charge is 0.235 e. The molecule has 0 spiro atoms. The highest BCUT2D eigenvalue weighted by molar-refractivity contribution is 7.93. The van der Waals surface area contributed by atoms with Crippen LogP contribution in [0.1, 0.15) is 36.3 Å². The predicted octanol–water partition coefficient (Wildman–Crippen LogP) is 5.04. The summed E-state index contributed by atoms with van der Waals surface area (Å²) in [5.41, 5.74) is 1.34. The van der Waals surface area contributed by atoms with Crippen molar-refractivity contribution in [1.29, 1.82) is 0 Å². The molecule has 0 radical (unpaired) electrons. The third kappa shape index (κ3) is 5.41. The first-order valence-corrected chi connectivity index (χ1v) is 14.1. The molecule has 2 aromatic carbocycles. The van der Waals surface area contributed by atoms with Crippen molar-refractivity contribution in [3.05, 3.63) is 65.1 Å². The summed E-state index contributed by atoms with van der Waals surface area (Å²) in [4.78, 5) is 10.8. The Morgan fingerprint density at radius 2 is 1.66 bits per heavy atom. The van der Waals surface area contributed by atoms with E-state index in [9.17, 15) is 21.6 Å². The van der Waals surface area contributed by atoms with Crippen LogP contribution in [0.15, 0.2) is 36.5 Å². The first-order chi connectivity index (χ1) is 18.1. The van der Waals surface area contributed by atoms with Gasteiger partial charge in [-0.25, -0.2) is 26.6 Å². The second-order valence-electron chi connectivity index (χ2n) is 9.81. The monoisotopic (exact) mass is 546 g/mol. The predicted molar refractivity (Wildman–Crippen MR) is 141 cm³/mol. The molecule has 3 heterocycles. The average Bonchev–Trinajstić information content (AvgIpc) is 3.22. The molecule has 8 nitrogen and oxygen atoms in total. The molecule has 2 fully saturated rings. The number of benzene rings is 2. The number of likely N-dealkylation sites (tertiary alicyclic amines) is 1. The van der Waals surface area contributed by atoms with Crippen molar-refractivity contribution >= 4 is 38.9 Å². The van der Waals surface area contributed by atoms with Gasteiger partial charge in [0, 0.05) is 35.2 Å². The highest BCUT2D eigenvalue weighted by Gasteiger charge is 2.30. The summed E-state index contributed by atoms with van der Waals surface area (Å²) in [6.45, 7) is 3.56. The van der Waals surface area contributed by atoms with Crippen LogP contribution in [-0.2, 0) is 10.0 Å². The number of aromatic nitrogens is 2. The number of nitrogens with zero attached hydrogens (tertiary/aromatic N) is 4. The van der Waals surface area contributed by atoms with Gasteiger partial charge in [0.1, 0.15) is 23.3 Å². The van der Waals surface area contributed by atoms with E-state index >= 15 is 0 Å². The Kier molecular flexibility index (Phi) is 7.19. The van der Waals surface area contributed by atoms with Gasteiger partial charge in [0.25, 0.3) is 0 Å². The average molecular weight is 547 g/mol. The van der Waals surface area contributed by atoms with Crippen LogP contribution in [0.4, 0.5) is 42.0 Å². The van der Waals surface area contributed by atoms with E-state index in [4.69, 9.17) is 0 Å². The summed E-state index contributed by atoms with van der Waals surface area (Å²) >= 11 is 0. The highest BCUT2D eigenvalue weighted by atomic mass is 32.2. The van der Waals surface area contributed by atoms with Gasteiger partial charge in [-0.2, -0.15) is 4.98 Å². The first kappa shape index (κ1) is 26.2. The molecule has 0 aliphatic carbocycles. The fraction of sp³-hybridized carbons (Fsp3) is 0.385. The largest absolute Gasteiger partial charge is 0.340 e. The van der Waals surface area contributed by atoms with E-state index in [0.29, 0.717) is 36.3 Å². The molecule has 2 N–H and O–H groups in total. The molecule has 2 aliphatic heterocycles. The molecular formula is C26H29F3N6O2S. The van der Waals surface area contributed by atoms with Crippen LogP contribution in [0.2, 0.25) is 0 Å². The normalized spacial score (nSPS) is 18.1. The molecule has 0 atom stereocenters. The van der Waals surface area contributed by atoms with Crippen LogP contribution < -0.4 is 14.9 Å². The summed E-state index contributed by atoms with van der Waals surface area (Å²) in [5.74, 6) is -1.57. The summed E-state index contributed by atoms with van der Waals surface area (Å²) in [7, 11) is -1.56. The molecule has 2 saturated heterocycles. The Hall–Kier alpha value is -3.38. The van der Waals surface area contributed by atoms with Gasteiger partial charge in [0.15, 0.2) is 0 Å². The SMILES string of the molecule is Cc1cnc(Nc2cc(F)c(C3CCN(C)CC3)c(F)c2)nc1Nc1ccc(F)c(N2CCCS2(=O)=O)c1. The van der Waals surface area contributed by atoms with Gasteiger partial charge >= 0.3 is 0 Å². The zero-order chi connectivity index (χ0) is 27.0. The van der Waals surface area contributed by atoms with Gasteiger partial charge in [0.05, 0.1) is 11.4 Å². The zero-order valence-corrected chi connectivity index (χ0v) is 22.0. The van der Waals surface area contributed by atoms with Crippen LogP contribution >= 0.6 is 0 Å². The zero-order valence-electron chi connectivity index (χ0n) is 21.1. The van der Waals surface area contributed by atoms with E-state index in [0.717, 1.165) is 17.4 Å². The lowest BCUT2D eigenvalue weighted by molar-refractivity contribution is 0.250. The summed E-state index contributed by atoms with van der Waals surface area (Å²) in [6.07, 6.45) is 3.36. The summed E-state index contributed by atoms with van der Waals surface area (Å²) < 4.78 is 70.0. The summed E-state index contributed by atoms with van der Waals surface area (Å²) in [5, 5.41) is 5.92. The lowest BCUT2D eigenvalue weighted by Gasteiger charge is -2.29. The summed E-state index contributed by atoms with van der Waals surface area (Å²) in [6, 6.07) is 6.58. The van der Waals surface area contributed by atoms with Crippen LogP contribution in [0.3, 0.4) is 0 Å². The minimum Gasteiger partial charge on any atom is -0.340 e. The van der Waals surface area contributed by atoms with Crippen molar-refractivity contribution < 1.29 is 21.6 Å². The van der Waals surface area contributed by atoms with Gasteiger partial charge in [0.2, 0.25) is 16.0 Å². The third-order valence-corrected chi connectivity index (χ3v) is 8.87. The van der Waals surface area contributed by atoms with E-state index in [1.165, 1.54) is 36.5 Å². The van der Waals surface area contributed by atoms with Gasteiger partial charge in [-0.05, 0) is 82.6 Å². The van der Waals surface area contributed by atoms with Crippen LogP contribution in [0.5, 0.6) is 0 Å². The molecule has 0 amide bonds. The minimum atomic E-state index is -3.56. The second-order valence-corrected chi connectivity index (χ2v) is 11.8. The molecule has 0 saturated carbocycles. The van der Waals surface area contributed by atoms with Gasteiger partial charge in [-0.15, -0.1) is 0 Å². The molecular weight excluding hydrogens is 517 g/mol. The van der Waals surface area contributed by atoms with Crippen molar-refractivity contribution in [1.82, 2.24) is 14.9 Å². The van der Waals surface area contributed by atoms with E-state index in [-0.39, 0.29) is 41.1 Å². The minimum absolute atomic E-state index is 0.0235. The number of hydrogen-bond acceptors (Lipinski definition) is 7.